The molecule has 0 aliphatic heterocycles. The zero-order valence-electron chi connectivity index (χ0n) is 10.8. The Morgan fingerprint density at radius 3 is 2.63 bits per heavy atom. The molecule has 2 rings (SSSR count). The van der Waals surface area contributed by atoms with Crippen molar-refractivity contribution in [3.63, 3.8) is 0 Å². The fourth-order valence-corrected chi connectivity index (χ4v) is 3.26. The third-order valence-electron chi connectivity index (χ3n) is 3.79. The van der Waals surface area contributed by atoms with Crippen LogP contribution in [0, 0.1) is 22.6 Å². The van der Waals surface area contributed by atoms with Gasteiger partial charge in [0.2, 0.25) is 0 Å². The summed E-state index contributed by atoms with van der Waals surface area (Å²) in [5.74, 6) is -0.218. The van der Waals surface area contributed by atoms with Crippen molar-refractivity contribution in [2.45, 2.75) is 32.1 Å². The molecular formula is C15H17BrFNO. The van der Waals surface area contributed by atoms with Gasteiger partial charge in [-0.2, -0.15) is 5.26 Å². The lowest BCUT2D eigenvalue weighted by atomic mass is 9.76. The minimum absolute atomic E-state index is 0.124. The Balaban J connectivity index is 2.03. The van der Waals surface area contributed by atoms with Gasteiger partial charge in [-0.15, -0.1) is 0 Å². The van der Waals surface area contributed by atoms with Crippen LogP contribution in [0.3, 0.4) is 0 Å². The van der Waals surface area contributed by atoms with Gasteiger partial charge in [0.1, 0.15) is 0 Å². The summed E-state index contributed by atoms with van der Waals surface area (Å²) in [6.45, 7) is 0.529. The molecule has 102 valence electrons. The van der Waals surface area contributed by atoms with Gasteiger partial charge in [-0.1, -0.05) is 35.2 Å². The molecule has 1 saturated carbocycles. The fourth-order valence-electron chi connectivity index (χ4n) is 2.54. The molecule has 4 heteroatoms. The first kappa shape index (κ1) is 14.3. The number of benzene rings is 1. The largest absolute Gasteiger partial charge is 0.490 e. The predicted molar refractivity (Wildman–Crippen MR) is 75.9 cm³/mol. The minimum Gasteiger partial charge on any atom is -0.490 e. The summed E-state index contributed by atoms with van der Waals surface area (Å²) in [5, 5.41) is 9.59. The summed E-state index contributed by atoms with van der Waals surface area (Å²) in [6.07, 6.45) is 5.95. The smallest absolute Gasteiger partial charge is 0.166 e. The second kappa shape index (κ2) is 6.38. The van der Waals surface area contributed by atoms with E-state index in [-0.39, 0.29) is 11.2 Å². The van der Waals surface area contributed by atoms with Crippen molar-refractivity contribution < 1.29 is 9.13 Å². The van der Waals surface area contributed by atoms with E-state index in [0.717, 1.165) is 18.2 Å². The molecule has 0 spiro atoms. The number of halogens is 2. The highest BCUT2D eigenvalue weighted by atomic mass is 79.9. The van der Waals surface area contributed by atoms with Crippen LogP contribution in [0.15, 0.2) is 18.2 Å². The summed E-state index contributed by atoms with van der Waals surface area (Å²) in [7, 11) is 0. The first-order valence-electron chi connectivity index (χ1n) is 6.57. The standard InChI is InChI=1S/C15H17BrFNO/c16-10-15(6-2-1-3-7-15)11-19-14-5-4-12(9-18)8-13(14)17/h4-5,8H,1-3,6-7,10-11H2. The highest BCUT2D eigenvalue weighted by Gasteiger charge is 2.32. The van der Waals surface area contributed by atoms with Gasteiger partial charge in [0.05, 0.1) is 18.2 Å². The number of nitrogens with zero attached hydrogens (tertiary/aromatic N) is 1. The van der Waals surface area contributed by atoms with Crippen molar-refractivity contribution in [3.05, 3.63) is 29.6 Å². The molecule has 1 fully saturated rings. The number of hydrogen-bond acceptors (Lipinski definition) is 2. The zero-order valence-corrected chi connectivity index (χ0v) is 12.4. The van der Waals surface area contributed by atoms with Crippen molar-refractivity contribution in [3.8, 4) is 11.8 Å². The first-order chi connectivity index (χ1) is 9.19. The van der Waals surface area contributed by atoms with Gasteiger partial charge in [-0.05, 0) is 31.0 Å². The van der Waals surface area contributed by atoms with Crippen LogP contribution in [-0.4, -0.2) is 11.9 Å². The summed E-state index contributed by atoms with van der Waals surface area (Å²) in [5.41, 5.74) is 0.441. The highest BCUT2D eigenvalue weighted by Crippen LogP contribution is 2.38. The lowest BCUT2D eigenvalue weighted by Crippen LogP contribution is -2.32. The Labute approximate surface area is 121 Å². The SMILES string of the molecule is N#Cc1ccc(OCC2(CBr)CCCCC2)c(F)c1. The van der Waals surface area contributed by atoms with Crippen molar-refractivity contribution >= 4 is 15.9 Å². The maximum Gasteiger partial charge on any atom is 0.166 e. The molecule has 0 saturated heterocycles. The molecule has 1 aromatic rings. The maximum atomic E-state index is 13.7. The van der Waals surface area contributed by atoms with Gasteiger partial charge in [0, 0.05) is 10.7 Å². The van der Waals surface area contributed by atoms with Gasteiger partial charge in [0.15, 0.2) is 11.6 Å². The van der Waals surface area contributed by atoms with E-state index in [2.05, 4.69) is 15.9 Å². The molecular weight excluding hydrogens is 309 g/mol. The lowest BCUT2D eigenvalue weighted by Gasteiger charge is -2.35. The van der Waals surface area contributed by atoms with Crippen LogP contribution >= 0.6 is 15.9 Å². The van der Waals surface area contributed by atoms with E-state index in [1.165, 1.54) is 25.3 Å². The van der Waals surface area contributed by atoms with Gasteiger partial charge >= 0.3 is 0 Å². The van der Waals surface area contributed by atoms with Crippen LogP contribution in [-0.2, 0) is 0 Å². The number of ether oxygens (including phenoxy) is 1. The quantitative estimate of drug-likeness (QED) is 0.767. The molecule has 1 aromatic carbocycles. The van der Waals surface area contributed by atoms with E-state index < -0.39 is 5.82 Å². The second-order valence-electron chi connectivity index (χ2n) is 5.24. The molecule has 1 aliphatic rings. The summed E-state index contributed by atoms with van der Waals surface area (Å²) in [4.78, 5) is 0. The normalized spacial score (nSPS) is 17.7. The molecule has 0 atom stereocenters. The Morgan fingerprint density at radius 2 is 2.05 bits per heavy atom. The van der Waals surface area contributed by atoms with E-state index in [1.807, 2.05) is 6.07 Å². The number of alkyl halides is 1. The Hall–Kier alpha value is -1.08. The average Bonchev–Trinajstić information content (AvgIpc) is 2.47. The lowest BCUT2D eigenvalue weighted by molar-refractivity contribution is 0.118. The molecule has 0 amide bonds. The fraction of sp³-hybridized carbons (Fsp3) is 0.533. The Kier molecular flexibility index (Phi) is 4.81. The van der Waals surface area contributed by atoms with Gasteiger partial charge in [-0.3, -0.25) is 0 Å². The predicted octanol–water partition coefficient (Wildman–Crippen LogP) is 4.42. The summed E-state index contributed by atoms with van der Waals surface area (Å²) < 4.78 is 19.4. The van der Waals surface area contributed by atoms with E-state index in [1.54, 1.807) is 12.1 Å². The molecule has 1 aliphatic carbocycles. The van der Waals surface area contributed by atoms with Crippen molar-refractivity contribution in [2.24, 2.45) is 5.41 Å². The maximum absolute atomic E-state index is 13.7. The average molecular weight is 326 g/mol. The molecule has 0 bridgehead atoms. The zero-order chi connectivity index (χ0) is 13.7. The second-order valence-corrected chi connectivity index (χ2v) is 5.80. The molecule has 19 heavy (non-hydrogen) atoms. The molecule has 0 aromatic heterocycles. The monoisotopic (exact) mass is 325 g/mol. The van der Waals surface area contributed by atoms with Crippen LogP contribution in [0.5, 0.6) is 5.75 Å². The molecule has 0 unspecified atom stereocenters. The van der Waals surface area contributed by atoms with Crippen molar-refractivity contribution in [2.75, 3.05) is 11.9 Å². The van der Waals surface area contributed by atoms with Crippen LogP contribution in [0.2, 0.25) is 0 Å². The number of nitriles is 1. The topological polar surface area (TPSA) is 33.0 Å². The summed E-state index contributed by atoms with van der Waals surface area (Å²) in [6, 6.07) is 6.26. The van der Waals surface area contributed by atoms with Crippen molar-refractivity contribution in [1.82, 2.24) is 0 Å². The van der Waals surface area contributed by atoms with E-state index in [4.69, 9.17) is 10.00 Å². The molecule has 0 N–H and O–H groups in total. The summed E-state index contributed by atoms with van der Waals surface area (Å²) >= 11 is 3.57. The molecule has 2 nitrogen and oxygen atoms in total. The van der Waals surface area contributed by atoms with Crippen LogP contribution in [0.1, 0.15) is 37.7 Å². The van der Waals surface area contributed by atoms with E-state index in [9.17, 15) is 4.39 Å². The van der Waals surface area contributed by atoms with E-state index >= 15 is 0 Å². The molecule has 0 heterocycles. The minimum atomic E-state index is -0.459. The van der Waals surface area contributed by atoms with Crippen LogP contribution < -0.4 is 4.74 Å². The number of hydrogen-bond donors (Lipinski definition) is 0. The first-order valence-corrected chi connectivity index (χ1v) is 7.70. The Bertz CT molecular complexity index is 478. The van der Waals surface area contributed by atoms with Crippen LogP contribution in [0.4, 0.5) is 4.39 Å². The van der Waals surface area contributed by atoms with Gasteiger partial charge < -0.3 is 4.74 Å². The van der Waals surface area contributed by atoms with Gasteiger partial charge in [-0.25, -0.2) is 4.39 Å². The molecule has 0 radical (unpaired) electrons. The third-order valence-corrected chi connectivity index (χ3v) is 4.98. The number of rotatable bonds is 4. The van der Waals surface area contributed by atoms with Crippen LogP contribution in [0.25, 0.3) is 0 Å². The Morgan fingerprint density at radius 1 is 1.32 bits per heavy atom. The van der Waals surface area contributed by atoms with Gasteiger partial charge in [0.25, 0.3) is 0 Å². The highest BCUT2D eigenvalue weighted by molar-refractivity contribution is 9.09. The van der Waals surface area contributed by atoms with E-state index in [0.29, 0.717) is 12.2 Å². The third kappa shape index (κ3) is 3.48. The van der Waals surface area contributed by atoms with Crippen molar-refractivity contribution in [1.29, 1.82) is 5.26 Å².